The number of hydrogen-bond donors (Lipinski definition) is 2. The average Bonchev–Trinajstić information content (AvgIpc) is 3.43. The van der Waals surface area contributed by atoms with Crippen molar-refractivity contribution in [2.75, 3.05) is 12.8 Å². The number of carbonyl (C=O) groups is 1. The zero-order chi connectivity index (χ0) is 24.1. The summed E-state index contributed by atoms with van der Waals surface area (Å²) in [6.45, 7) is 1.99. The molecule has 0 atom stereocenters. The van der Waals surface area contributed by atoms with Gasteiger partial charge in [0.25, 0.3) is 5.91 Å². The van der Waals surface area contributed by atoms with Crippen LogP contribution < -0.4 is 20.6 Å². The topological polar surface area (TPSA) is 156 Å². The number of aryl methyl sites for hydroxylation is 1. The van der Waals surface area contributed by atoms with E-state index in [1.807, 2.05) is 30.3 Å². The van der Waals surface area contributed by atoms with Crippen LogP contribution in [0.25, 0.3) is 5.82 Å². The Morgan fingerprint density at radius 1 is 1.29 bits per heavy atom. The van der Waals surface area contributed by atoms with Crippen LogP contribution in [0.2, 0.25) is 0 Å². The summed E-state index contributed by atoms with van der Waals surface area (Å²) in [5, 5.41) is 18.9. The molecule has 12 nitrogen and oxygen atoms in total. The Hall–Kier alpha value is -4.26. The number of hydrogen-bond acceptors (Lipinski definition) is 10. The van der Waals surface area contributed by atoms with Gasteiger partial charge in [-0.15, -0.1) is 5.10 Å². The Balaban J connectivity index is 1.48. The van der Waals surface area contributed by atoms with Gasteiger partial charge in [-0.05, 0) is 56.4 Å². The summed E-state index contributed by atoms with van der Waals surface area (Å²) >= 11 is 3.51. The van der Waals surface area contributed by atoms with Gasteiger partial charge >= 0.3 is 0 Å². The number of nitrogen functional groups attached to an aromatic ring is 1. The highest BCUT2D eigenvalue weighted by Crippen LogP contribution is 2.36. The second kappa shape index (κ2) is 10.1. The quantitative estimate of drug-likeness (QED) is 0.260. The lowest BCUT2D eigenvalue weighted by atomic mass is 10.2. The molecule has 0 spiro atoms. The zero-order valence-corrected chi connectivity index (χ0v) is 19.7. The zero-order valence-electron chi connectivity index (χ0n) is 18.1. The first-order valence-electron chi connectivity index (χ1n) is 9.86. The van der Waals surface area contributed by atoms with Gasteiger partial charge in [-0.25, -0.2) is 10.1 Å². The predicted octanol–water partition coefficient (Wildman–Crippen LogP) is 2.65. The molecule has 1 amide bonds. The molecule has 0 saturated heterocycles. The molecule has 0 aliphatic heterocycles. The van der Waals surface area contributed by atoms with Crippen LogP contribution in [0.15, 0.2) is 56.7 Å². The number of nitrogens with two attached hydrogens (primary N) is 1. The van der Waals surface area contributed by atoms with E-state index < -0.39 is 5.91 Å². The van der Waals surface area contributed by atoms with E-state index in [0.717, 1.165) is 10.2 Å². The summed E-state index contributed by atoms with van der Waals surface area (Å²) < 4.78 is 17.8. The summed E-state index contributed by atoms with van der Waals surface area (Å²) in [5.41, 5.74) is 10.2. The van der Waals surface area contributed by atoms with Gasteiger partial charge in [-0.2, -0.15) is 9.78 Å². The number of ether oxygens (including phenoxy) is 2. The van der Waals surface area contributed by atoms with Crippen LogP contribution in [0, 0.1) is 6.92 Å². The van der Waals surface area contributed by atoms with Crippen LogP contribution in [-0.2, 0) is 6.61 Å². The lowest BCUT2D eigenvalue weighted by molar-refractivity contribution is 0.0946. The van der Waals surface area contributed by atoms with Gasteiger partial charge in [0.05, 0.1) is 23.5 Å². The van der Waals surface area contributed by atoms with Crippen molar-refractivity contribution in [1.29, 1.82) is 0 Å². The van der Waals surface area contributed by atoms with E-state index in [1.165, 1.54) is 6.21 Å². The van der Waals surface area contributed by atoms with Crippen molar-refractivity contribution in [2.24, 2.45) is 5.10 Å². The number of rotatable bonds is 8. The smallest absolute Gasteiger partial charge is 0.292 e. The first-order chi connectivity index (χ1) is 16.5. The number of aromatic nitrogens is 5. The van der Waals surface area contributed by atoms with E-state index in [4.69, 9.17) is 15.2 Å². The highest BCUT2D eigenvalue weighted by atomic mass is 79.9. The summed E-state index contributed by atoms with van der Waals surface area (Å²) in [6, 6.07) is 13.3. The first-order valence-corrected chi connectivity index (χ1v) is 10.7. The highest BCUT2D eigenvalue weighted by Gasteiger charge is 2.22. The van der Waals surface area contributed by atoms with Crippen molar-refractivity contribution in [1.82, 2.24) is 30.7 Å². The maximum atomic E-state index is 12.7. The van der Waals surface area contributed by atoms with Gasteiger partial charge in [0.2, 0.25) is 11.6 Å². The van der Waals surface area contributed by atoms with E-state index in [2.05, 4.69) is 51.7 Å². The number of nitrogens with zero attached hydrogens (tertiary/aromatic N) is 6. The third-order valence-corrected chi connectivity index (χ3v) is 5.20. The van der Waals surface area contributed by atoms with Crippen LogP contribution in [-0.4, -0.2) is 44.5 Å². The normalized spacial score (nSPS) is 11.0. The van der Waals surface area contributed by atoms with E-state index >= 15 is 0 Å². The van der Waals surface area contributed by atoms with Crippen molar-refractivity contribution in [3.8, 4) is 17.3 Å². The molecule has 2 heterocycles. The molecule has 2 aromatic carbocycles. The summed E-state index contributed by atoms with van der Waals surface area (Å²) in [6.07, 6.45) is 1.46. The molecule has 3 N–H and O–H groups in total. The first kappa shape index (κ1) is 22.9. The van der Waals surface area contributed by atoms with Crippen LogP contribution in [0.3, 0.4) is 0 Å². The lowest BCUT2D eigenvalue weighted by Crippen LogP contribution is -2.22. The van der Waals surface area contributed by atoms with Gasteiger partial charge in [0.15, 0.2) is 17.2 Å². The fraction of sp³-hybridized carbons (Fsp3) is 0.143. The van der Waals surface area contributed by atoms with Gasteiger partial charge in [-0.3, -0.25) is 4.79 Å². The number of anilines is 1. The fourth-order valence-electron chi connectivity index (χ4n) is 3.01. The molecule has 0 bridgehead atoms. The number of carbonyl (C=O) groups excluding carboxylic acids is 1. The largest absolute Gasteiger partial charge is 0.493 e. The number of halogens is 1. The molecule has 2 aromatic heterocycles. The van der Waals surface area contributed by atoms with Gasteiger partial charge in [0, 0.05) is 0 Å². The van der Waals surface area contributed by atoms with Crippen LogP contribution in [0.1, 0.15) is 27.3 Å². The van der Waals surface area contributed by atoms with Crippen molar-refractivity contribution >= 4 is 33.9 Å². The monoisotopic (exact) mass is 526 g/mol. The fourth-order valence-corrected chi connectivity index (χ4v) is 3.58. The second-order valence-corrected chi connectivity index (χ2v) is 7.77. The Bertz CT molecular complexity index is 1340. The Labute approximate surface area is 201 Å². The van der Waals surface area contributed by atoms with Gasteiger partial charge in [-0.1, -0.05) is 35.5 Å². The Morgan fingerprint density at radius 3 is 2.79 bits per heavy atom. The number of methoxy groups -OCH3 is 1. The maximum Gasteiger partial charge on any atom is 0.292 e. The molecule has 0 unspecified atom stereocenters. The minimum atomic E-state index is -0.574. The second-order valence-electron chi connectivity index (χ2n) is 6.92. The minimum absolute atomic E-state index is 0.0334. The van der Waals surface area contributed by atoms with Gasteiger partial charge < -0.3 is 15.2 Å². The molecule has 174 valence electrons. The molecule has 13 heteroatoms. The van der Waals surface area contributed by atoms with Crippen molar-refractivity contribution in [3.05, 3.63) is 69.5 Å². The van der Waals surface area contributed by atoms with Crippen molar-refractivity contribution in [2.45, 2.75) is 13.5 Å². The Kier molecular flexibility index (Phi) is 6.82. The number of hydrazone groups is 1. The molecule has 0 radical (unpaired) electrons. The highest BCUT2D eigenvalue weighted by molar-refractivity contribution is 9.10. The molecule has 0 fully saturated rings. The third-order valence-electron chi connectivity index (χ3n) is 4.61. The molecule has 4 aromatic rings. The maximum absolute atomic E-state index is 12.7. The standard InChI is InChI=1S/C21H19BrN8O4/c1-12-17(30(29-25-12)20-19(23)27-34-28-20)21(31)26-24-10-14-8-15(22)18(16(9-14)32-2)33-11-13-6-4-3-5-7-13/h3-10H,11H2,1-2H3,(H2,23,27)(H,26,31). The van der Waals surface area contributed by atoms with E-state index in [0.29, 0.717) is 33.8 Å². The molecular formula is C21H19BrN8O4. The van der Waals surface area contributed by atoms with Crippen molar-refractivity contribution in [3.63, 3.8) is 0 Å². The molecule has 0 saturated carbocycles. The number of benzene rings is 2. The summed E-state index contributed by atoms with van der Waals surface area (Å²) in [7, 11) is 1.54. The molecule has 0 aliphatic rings. The number of amides is 1. The average molecular weight is 527 g/mol. The lowest BCUT2D eigenvalue weighted by Gasteiger charge is -2.13. The molecule has 34 heavy (non-hydrogen) atoms. The summed E-state index contributed by atoms with van der Waals surface area (Å²) in [4.78, 5) is 12.7. The predicted molar refractivity (Wildman–Crippen MR) is 125 cm³/mol. The summed E-state index contributed by atoms with van der Waals surface area (Å²) in [5.74, 6) is 0.501. The van der Waals surface area contributed by atoms with Crippen LogP contribution >= 0.6 is 15.9 Å². The molecule has 4 rings (SSSR count). The molecule has 0 aliphatic carbocycles. The third kappa shape index (κ3) is 4.88. The Morgan fingerprint density at radius 2 is 2.09 bits per heavy atom. The minimum Gasteiger partial charge on any atom is -0.493 e. The van der Waals surface area contributed by atoms with E-state index in [9.17, 15) is 4.79 Å². The SMILES string of the molecule is COc1cc(C=NNC(=O)c2c(C)nnn2-c2nonc2N)cc(Br)c1OCc1ccccc1. The van der Waals surface area contributed by atoms with Gasteiger partial charge in [0.1, 0.15) is 6.61 Å². The number of nitrogens with one attached hydrogen (secondary N) is 1. The molecular weight excluding hydrogens is 508 g/mol. The van der Waals surface area contributed by atoms with E-state index in [-0.39, 0.29) is 17.3 Å². The van der Waals surface area contributed by atoms with Crippen LogP contribution in [0.5, 0.6) is 11.5 Å². The van der Waals surface area contributed by atoms with Crippen molar-refractivity contribution < 1.29 is 18.9 Å². The van der Waals surface area contributed by atoms with Crippen LogP contribution in [0.4, 0.5) is 5.82 Å². The van der Waals surface area contributed by atoms with E-state index in [1.54, 1.807) is 26.2 Å².